The van der Waals surface area contributed by atoms with E-state index in [0.29, 0.717) is 31.8 Å². The summed E-state index contributed by atoms with van der Waals surface area (Å²) in [7, 11) is -3.86. The summed E-state index contributed by atoms with van der Waals surface area (Å²) in [4.78, 5) is 13.1. The monoisotopic (exact) mass is 531 g/mol. The molecule has 7 nitrogen and oxygen atoms in total. The summed E-state index contributed by atoms with van der Waals surface area (Å²) in [6, 6.07) is 0.981. The van der Waals surface area contributed by atoms with Gasteiger partial charge in [0.05, 0.1) is 17.4 Å². The average molecular weight is 532 g/mol. The van der Waals surface area contributed by atoms with Crippen molar-refractivity contribution in [2.24, 2.45) is 0 Å². The van der Waals surface area contributed by atoms with Gasteiger partial charge in [0, 0.05) is 31.8 Å². The topological polar surface area (TPSA) is 96.5 Å². The van der Waals surface area contributed by atoms with Crippen LogP contribution in [0.5, 0.6) is 0 Å². The lowest BCUT2D eigenvalue weighted by atomic mass is 9.96. The van der Waals surface area contributed by atoms with Crippen molar-refractivity contribution in [3.63, 3.8) is 0 Å². The number of ether oxygens (including phenoxy) is 1. The van der Waals surface area contributed by atoms with Crippen molar-refractivity contribution in [3.8, 4) is 0 Å². The lowest BCUT2D eigenvalue weighted by molar-refractivity contribution is -0.143. The second-order valence-corrected chi connectivity index (χ2v) is 10.8. The molecule has 35 heavy (non-hydrogen) atoms. The Hall–Kier alpha value is -1.90. The van der Waals surface area contributed by atoms with E-state index in [-0.39, 0.29) is 31.0 Å². The summed E-state index contributed by atoms with van der Waals surface area (Å²) in [6.07, 6.45) is -7.00. The van der Waals surface area contributed by atoms with Gasteiger partial charge in [-0.1, -0.05) is 0 Å². The standard InChI is InChI=1S/C21H27F6N3O4S/c1-35(32,33)30-19(5-2-17(11-19)29-16-3-6-34-7-4-16)18(31)28-12-13-8-14(20(22,23)24)10-15(9-13)21(25,26)27/h8-10,16-17,29-30H,2-7,11-12H2,1H3,(H,28,31)/t17-,19-/m1/s1. The molecule has 1 saturated carbocycles. The number of amides is 1. The van der Waals surface area contributed by atoms with Gasteiger partial charge in [0.15, 0.2) is 0 Å². The normalized spacial score (nSPS) is 24.5. The molecule has 1 heterocycles. The minimum atomic E-state index is -5.02. The maximum Gasteiger partial charge on any atom is 0.416 e. The van der Waals surface area contributed by atoms with Crippen LogP contribution in [0, 0.1) is 0 Å². The smallest absolute Gasteiger partial charge is 0.381 e. The third-order valence-electron chi connectivity index (χ3n) is 6.12. The van der Waals surface area contributed by atoms with E-state index in [2.05, 4.69) is 15.4 Å². The molecule has 0 bridgehead atoms. The van der Waals surface area contributed by atoms with Crippen molar-refractivity contribution < 1.29 is 44.3 Å². The molecule has 3 rings (SSSR count). The molecule has 1 aliphatic carbocycles. The molecule has 0 spiro atoms. The number of sulfonamides is 1. The molecule has 2 atom stereocenters. The number of hydrogen-bond donors (Lipinski definition) is 3. The summed E-state index contributed by atoms with van der Waals surface area (Å²) in [5.74, 6) is -0.815. The van der Waals surface area contributed by atoms with Crippen LogP contribution in [0.25, 0.3) is 0 Å². The lowest BCUT2D eigenvalue weighted by Gasteiger charge is -2.30. The third-order valence-corrected chi connectivity index (χ3v) is 6.88. The molecule has 2 aliphatic rings. The molecule has 0 radical (unpaired) electrons. The van der Waals surface area contributed by atoms with E-state index in [1.807, 2.05) is 0 Å². The minimum absolute atomic E-state index is 0.00155. The van der Waals surface area contributed by atoms with E-state index >= 15 is 0 Å². The van der Waals surface area contributed by atoms with Gasteiger partial charge in [-0.2, -0.15) is 31.1 Å². The largest absolute Gasteiger partial charge is 0.416 e. The van der Waals surface area contributed by atoms with Crippen LogP contribution in [-0.2, 0) is 38.5 Å². The number of carbonyl (C=O) groups is 1. The van der Waals surface area contributed by atoms with Gasteiger partial charge < -0.3 is 15.4 Å². The first-order valence-corrected chi connectivity index (χ1v) is 12.9. The number of benzene rings is 1. The Morgan fingerprint density at radius 1 is 1.00 bits per heavy atom. The number of alkyl halides is 6. The zero-order valence-electron chi connectivity index (χ0n) is 18.9. The molecule has 0 unspecified atom stereocenters. The second-order valence-electron chi connectivity index (χ2n) is 9.05. The zero-order valence-corrected chi connectivity index (χ0v) is 19.7. The third kappa shape index (κ3) is 7.54. The maximum atomic E-state index is 13.1. The number of nitrogens with one attached hydrogen (secondary N) is 3. The first-order valence-electron chi connectivity index (χ1n) is 11.0. The highest BCUT2D eigenvalue weighted by atomic mass is 32.2. The number of hydrogen-bond acceptors (Lipinski definition) is 5. The minimum Gasteiger partial charge on any atom is -0.381 e. The van der Waals surface area contributed by atoms with Gasteiger partial charge in [-0.3, -0.25) is 4.79 Å². The van der Waals surface area contributed by atoms with Crippen molar-refractivity contribution in [1.82, 2.24) is 15.4 Å². The average Bonchev–Trinajstić information content (AvgIpc) is 3.13. The predicted octanol–water partition coefficient (Wildman–Crippen LogP) is 2.95. The lowest BCUT2D eigenvalue weighted by Crippen LogP contribution is -2.57. The van der Waals surface area contributed by atoms with E-state index in [1.54, 1.807) is 0 Å². The fraction of sp³-hybridized carbons (Fsp3) is 0.667. The van der Waals surface area contributed by atoms with Crippen molar-refractivity contribution in [2.45, 2.75) is 68.6 Å². The Kier molecular flexibility index (Phi) is 8.09. The molecular formula is C21H27F6N3O4S. The number of rotatable bonds is 7. The highest BCUT2D eigenvalue weighted by Gasteiger charge is 2.47. The highest BCUT2D eigenvalue weighted by molar-refractivity contribution is 7.88. The second kappa shape index (κ2) is 10.2. The van der Waals surface area contributed by atoms with Crippen molar-refractivity contribution >= 4 is 15.9 Å². The molecule has 1 aromatic carbocycles. The summed E-state index contributed by atoms with van der Waals surface area (Å²) in [5, 5.41) is 5.73. The van der Waals surface area contributed by atoms with Crippen LogP contribution in [0.2, 0.25) is 0 Å². The molecule has 3 N–H and O–H groups in total. The van der Waals surface area contributed by atoms with Crippen LogP contribution >= 0.6 is 0 Å². The van der Waals surface area contributed by atoms with Gasteiger partial charge in [0.1, 0.15) is 5.54 Å². The Balaban J connectivity index is 1.77. The maximum absolute atomic E-state index is 13.1. The van der Waals surface area contributed by atoms with Crippen molar-refractivity contribution in [1.29, 1.82) is 0 Å². The van der Waals surface area contributed by atoms with Gasteiger partial charge >= 0.3 is 12.4 Å². The first-order chi connectivity index (χ1) is 16.1. The molecule has 1 aromatic rings. The van der Waals surface area contributed by atoms with E-state index < -0.39 is 57.1 Å². The molecule has 198 valence electrons. The van der Waals surface area contributed by atoms with Crippen LogP contribution in [0.1, 0.15) is 48.8 Å². The summed E-state index contributed by atoms with van der Waals surface area (Å²) < 4.78 is 110. The van der Waals surface area contributed by atoms with Crippen LogP contribution in [-0.4, -0.2) is 51.4 Å². The highest BCUT2D eigenvalue weighted by Crippen LogP contribution is 2.37. The van der Waals surface area contributed by atoms with E-state index in [0.717, 1.165) is 19.1 Å². The van der Waals surface area contributed by atoms with Crippen molar-refractivity contribution in [2.75, 3.05) is 19.5 Å². The fourth-order valence-corrected chi connectivity index (χ4v) is 5.55. The molecule has 14 heteroatoms. The SMILES string of the molecule is CS(=O)(=O)N[C@]1(C(=O)NCc2cc(C(F)(F)F)cc(C(F)(F)F)c2)CC[C@@H](NC2CCOCC2)C1. The Morgan fingerprint density at radius 3 is 2.09 bits per heavy atom. The summed E-state index contributed by atoms with van der Waals surface area (Å²) in [6.45, 7) is 0.514. The number of halogens is 6. The van der Waals surface area contributed by atoms with E-state index in [9.17, 15) is 39.6 Å². The molecule has 1 amide bonds. The Morgan fingerprint density at radius 2 is 1.57 bits per heavy atom. The van der Waals surface area contributed by atoms with Crippen LogP contribution in [0.15, 0.2) is 18.2 Å². The Labute approximate surface area is 199 Å². The molecule has 1 saturated heterocycles. The van der Waals surface area contributed by atoms with Gasteiger partial charge in [0.25, 0.3) is 0 Å². The molecule has 0 aromatic heterocycles. The summed E-state index contributed by atoms with van der Waals surface area (Å²) >= 11 is 0. The van der Waals surface area contributed by atoms with Crippen molar-refractivity contribution in [3.05, 3.63) is 34.9 Å². The zero-order chi connectivity index (χ0) is 26.1. The molecule has 1 aliphatic heterocycles. The van der Waals surface area contributed by atoms with Crippen LogP contribution < -0.4 is 15.4 Å². The first kappa shape index (κ1) is 27.7. The van der Waals surface area contributed by atoms with Gasteiger partial charge in [0.2, 0.25) is 15.9 Å². The van der Waals surface area contributed by atoms with E-state index in [4.69, 9.17) is 4.74 Å². The Bertz CT molecular complexity index is 993. The van der Waals surface area contributed by atoms with Crippen LogP contribution in [0.3, 0.4) is 0 Å². The van der Waals surface area contributed by atoms with E-state index in [1.165, 1.54) is 0 Å². The van der Waals surface area contributed by atoms with Gasteiger partial charge in [-0.25, -0.2) is 8.42 Å². The van der Waals surface area contributed by atoms with Gasteiger partial charge in [-0.15, -0.1) is 0 Å². The summed E-state index contributed by atoms with van der Waals surface area (Å²) in [5.41, 5.74) is -4.99. The fourth-order valence-electron chi connectivity index (χ4n) is 4.56. The number of carbonyl (C=O) groups excluding carboxylic acids is 1. The molecule has 2 fully saturated rings. The van der Waals surface area contributed by atoms with Crippen LogP contribution in [0.4, 0.5) is 26.3 Å². The quantitative estimate of drug-likeness (QED) is 0.471. The van der Waals surface area contributed by atoms with Gasteiger partial charge in [-0.05, 0) is 55.9 Å². The predicted molar refractivity (Wildman–Crippen MR) is 114 cm³/mol. The molecular weight excluding hydrogens is 504 g/mol.